The quantitative estimate of drug-likeness (QED) is 0.0857. The van der Waals surface area contributed by atoms with Gasteiger partial charge in [0.2, 0.25) is 0 Å². The number of aliphatic carboxylic acids is 1. The Morgan fingerprint density at radius 1 is 0.723 bits per heavy atom. The number of allylic oxidation sites excluding steroid dienone is 2. The Labute approximate surface area is 380 Å². The molecule has 8 aliphatic rings. The fourth-order valence-electron chi connectivity index (χ4n) is 14.6. The minimum absolute atomic E-state index is 0.129. The van der Waals surface area contributed by atoms with Gasteiger partial charge in [-0.3, -0.25) is 0 Å². The molecule has 3 saturated heterocycles. The Morgan fingerprint density at radius 3 is 2.06 bits per heavy atom. The molecule has 0 bridgehead atoms. The molecule has 0 radical (unpaired) electrons. The first-order valence-electron chi connectivity index (χ1n) is 23.7. The molecule has 0 aromatic carbocycles. The van der Waals surface area contributed by atoms with Crippen LogP contribution in [0.2, 0.25) is 0 Å². The highest BCUT2D eigenvalue weighted by molar-refractivity contribution is 5.73. The minimum Gasteiger partial charge on any atom is -0.479 e. The minimum atomic E-state index is -2.10. The summed E-state index contributed by atoms with van der Waals surface area (Å²) in [5, 5.41) is 108. The van der Waals surface area contributed by atoms with Crippen molar-refractivity contribution in [2.75, 3.05) is 13.2 Å². The highest BCUT2D eigenvalue weighted by atomic mass is 16.8. The average Bonchev–Trinajstić information content (AvgIpc) is 3.24. The third kappa shape index (κ3) is 7.71. The Morgan fingerprint density at radius 2 is 1.40 bits per heavy atom. The molecule has 3 aliphatic heterocycles. The monoisotopic (exact) mass is 926 g/mol. The molecule has 5 aliphatic carbocycles. The lowest BCUT2D eigenvalue weighted by atomic mass is 9.33. The molecule has 370 valence electrons. The van der Waals surface area contributed by atoms with Crippen LogP contribution in [0.25, 0.3) is 0 Å². The van der Waals surface area contributed by atoms with Crippen LogP contribution in [0.5, 0.6) is 0 Å². The highest BCUT2D eigenvalue weighted by Crippen LogP contribution is 2.75. The van der Waals surface area contributed by atoms with E-state index in [1.165, 1.54) is 5.57 Å². The maximum absolute atomic E-state index is 13.8. The largest absolute Gasteiger partial charge is 0.479 e. The molecular formula is C47H74O18. The maximum Gasteiger partial charge on any atom is 0.335 e. The number of ether oxygens (including phenoxy) is 6. The predicted octanol–water partition coefficient (Wildman–Crippen LogP) is 0.523. The number of aliphatic hydroxyl groups is 9. The molecular weight excluding hydrogens is 852 g/mol. The van der Waals surface area contributed by atoms with Gasteiger partial charge >= 0.3 is 5.97 Å². The highest BCUT2D eigenvalue weighted by Gasteiger charge is 2.70. The van der Waals surface area contributed by atoms with Crippen LogP contribution in [0.4, 0.5) is 0 Å². The van der Waals surface area contributed by atoms with Gasteiger partial charge in [0.15, 0.2) is 25.0 Å². The van der Waals surface area contributed by atoms with Crippen LogP contribution >= 0.6 is 0 Å². The molecule has 10 N–H and O–H groups in total. The van der Waals surface area contributed by atoms with Gasteiger partial charge in [0.1, 0.15) is 67.3 Å². The van der Waals surface area contributed by atoms with E-state index in [2.05, 4.69) is 47.6 Å². The predicted molar refractivity (Wildman–Crippen MR) is 225 cm³/mol. The zero-order chi connectivity index (χ0) is 47.6. The summed E-state index contributed by atoms with van der Waals surface area (Å²) >= 11 is 0. The van der Waals surface area contributed by atoms with Crippen molar-refractivity contribution in [1.29, 1.82) is 0 Å². The molecule has 0 aromatic rings. The van der Waals surface area contributed by atoms with Crippen LogP contribution in [-0.4, -0.2) is 175 Å². The van der Waals surface area contributed by atoms with Crippen LogP contribution in [0, 0.1) is 50.2 Å². The molecule has 4 saturated carbocycles. The maximum atomic E-state index is 13.8. The fourth-order valence-corrected chi connectivity index (χ4v) is 14.6. The molecule has 65 heavy (non-hydrogen) atoms. The number of rotatable bonds is 9. The average molecular weight is 927 g/mol. The first kappa shape index (κ1) is 49.7. The second-order valence-corrected chi connectivity index (χ2v) is 23.0. The summed E-state index contributed by atoms with van der Waals surface area (Å²) in [6.45, 7) is 14.4. The van der Waals surface area contributed by atoms with Gasteiger partial charge in [0, 0.05) is 5.41 Å². The molecule has 8 rings (SSSR count). The standard InChI is InChI=1S/C47H74O18/c1-42(2)14-15-43(3)22(16-42)21-8-9-26-44(4)12-11-28(45(5,20-49)25(44)10-13-46(26,6)47(21,7)17-27(43)51)62-41-37(65-40-33(56)31(54)30(53)24(18-48)61-40)35(34(57)36(64-41)38(58)59)63-39-32(55)29(52)23(50)19-60-39/h8,20,22-37,39-41,48,50-57H,9-19H2,1-7H3,(H,58,59)/t22?,23-,24?,25?,26?,27?,28+,29+,30+,31+,32?,33?,34+,35+,36?,37?,39+,40+,41-,43+,44+,45+,46-,47-/m1/s1. The second kappa shape index (κ2) is 17.3. The smallest absolute Gasteiger partial charge is 0.335 e. The third-order valence-corrected chi connectivity index (χ3v) is 19.0. The number of carboxylic acid groups (broad SMARTS) is 1. The number of carbonyl (C=O) groups excluding carboxylic acids is 1. The molecule has 9 unspecified atom stereocenters. The number of fused-ring (bicyclic) bond motifs is 7. The zero-order valence-electron chi connectivity index (χ0n) is 38.6. The van der Waals surface area contributed by atoms with Gasteiger partial charge in [-0.15, -0.1) is 0 Å². The summed E-state index contributed by atoms with van der Waals surface area (Å²) in [7, 11) is 0. The van der Waals surface area contributed by atoms with Gasteiger partial charge in [-0.2, -0.15) is 0 Å². The number of carboxylic acids is 1. The van der Waals surface area contributed by atoms with Crippen molar-refractivity contribution >= 4 is 12.3 Å². The zero-order valence-corrected chi connectivity index (χ0v) is 38.6. The Balaban J connectivity index is 1.12. The van der Waals surface area contributed by atoms with Gasteiger partial charge in [0.25, 0.3) is 0 Å². The molecule has 18 nitrogen and oxygen atoms in total. The topological polar surface area (TPSA) is 292 Å². The normalized spacial score (nSPS) is 55.4. The summed E-state index contributed by atoms with van der Waals surface area (Å²) in [6.07, 6.45) is -16.7. The molecule has 24 atom stereocenters. The van der Waals surface area contributed by atoms with Crippen molar-refractivity contribution < 1.29 is 89.1 Å². The summed E-state index contributed by atoms with van der Waals surface area (Å²) < 4.78 is 36.0. The number of aliphatic hydroxyl groups excluding tert-OH is 9. The van der Waals surface area contributed by atoms with E-state index < -0.39 is 128 Å². The molecule has 0 aromatic heterocycles. The van der Waals surface area contributed by atoms with E-state index >= 15 is 0 Å². The van der Waals surface area contributed by atoms with Crippen molar-refractivity contribution in [3.63, 3.8) is 0 Å². The van der Waals surface area contributed by atoms with E-state index in [1.54, 1.807) is 0 Å². The van der Waals surface area contributed by atoms with Crippen molar-refractivity contribution in [2.45, 2.75) is 204 Å². The van der Waals surface area contributed by atoms with Gasteiger partial charge in [-0.05, 0) is 97.2 Å². The second-order valence-electron chi connectivity index (χ2n) is 23.0. The lowest BCUT2D eigenvalue weighted by molar-refractivity contribution is -0.391. The van der Waals surface area contributed by atoms with Gasteiger partial charge in [0.05, 0.1) is 30.8 Å². The number of carbonyl (C=O) groups is 2. The van der Waals surface area contributed by atoms with Crippen LogP contribution in [-0.2, 0) is 38.0 Å². The van der Waals surface area contributed by atoms with Crippen LogP contribution in [0.1, 0.15) is 106 Å². The van der Waals surface area contributed by atoms with Crippen molar-refractivity contribution in [1.82, 2.24) is 0 Å². The molecule has 0 spiro atoms. The van der Waals surface area contributed by atoms with Crippen LogP contribution in [0.3, 0.4) is 0 Å². The third-order valence-electron chi connectivity index (χ3n) is 19.0. The van der Waals surface area contributed by atoms with E-state index in [9.17, 15) is 60.7 Å². The van der Waals surface area contributed by atoms with E-state index in [0.717, 1.165) is 38.4 Å². The summed E-state index contributed by atoms with van der Waals surface area (Å²) in [5.74, 6) is -1.50. The summed E-state index contributed by atoms with van der Waals surface area (Å²) in [4.78, 5) is 26.5. The molecule has 3 heterocycles. The van der Waals surface area contributed by atoms with Crippen LogP contribution in [0.15, 0.2) is 11.6 Å². The lowest BCUT2D eigenvalue weighted by Gasteiger charge is -2.71. The number of hydrogen-bond acceptors (Lipinski definition) is 17. The van der Waals surface area contributed by atoms with E-state index in [0.29, 0.717) is 25.7 Å². The fraction of sp³-hybridized carbons (Fsp3) is 0.915. The first-order valence-corrected chi connectivity index (χ1v) is 23.7. The van der Waals surface area contributed by atoms with Gasteiger partial charge in [-0.25, -0.2) is 4.79 Å². The Kier molecular flexibility index (Phi) is 13.2. The van der Waals surface area contributed by atoms with Gasteiger partial charge < -0.3 is 84.3 Å². The molecule has 7 fully saturated rings. The van der Waals surface area contributed by atoms with E-state index in [-0.39, 0.29) is 39.4 Å². The van der Waals surface area contributed by atoms with E-state index in [1.807, 2.05) is 6.92 Å². The Hall–Kier alpha value is -1.72. The summed E-state index contributed by atoms with van der Waals surface area (Å²) in [5.41, 5.74) is -0.681. The van der Waals surface area contributed by atoms with Crippen molar-refractivity contribution in [3.05, 3.63) is 11.6 Å². The lowest BCUT2D eigenvalue weighted by Crippen LogP contribution is -2.69. The van der Waals surface area contributed by atoms with Crippen LogP contribution < -0.4 is 0 Å². The Bertz CT molecular complexity index is 1810. The summed E-state index contributed by atoms with van der Waals surface area (Å²) in [6, 6.07) is 0. The molecule has 0 amide bonds. The van der Waals surface area contributed by atoms with Crippen molar-refractivity contribution in [2.24, 2.45) is 50.2 Å². The van der Waals surface area contributed by atoms with Gasteiger partial charge in [-0.1, -0.05) is 60.1 Å². The number of hydrogen-bond donors (Lipinski definition) is 10. The number of aldehydes is 1. The molecule has 18 heteroatoms. The first-order chi connectivity index (χ1) is 30.3. The SMILES string of the molecule is CC1(C)CC[C@]2(C)C(O)C[C@]3(C)C(=CCC4[C@@]5(C)CC[C@H](O[C@@H]6OC(C(=O)O)[C@@H](O)[C@H](O[C@@H]7OC[C@@H](O)[C@H](O)C7O)C6O[C@@H]6OC(CO)[C@H](O)[C@H](O)C6O)[C@@](C)(C=O)C5CC[C@]43C)C2C1. The van der Waals surface area contributed by atoms with Crippen molar-refractivity contribution in [3.8, 4) is 0 Å². The van der Waals surface area contributed by atoms with E-state index in [4.69, 9.17) is 28.4 Å².